The highest BCUT2D eigenvalue weighted by Crippen LogP contribution is 2.12. The van der Waals surface area contributed by atoms with Gasteiger partial charge >= 0.3 is 0 Å². The zero-order valence-electron chi connectivity index (χ0n) is 9.29. The highest BCUT2D eigenvalue weighted by Gasteiger charge is 1.98. The molecule has 0 atom stereocenters. The number of ether oxygens (including phenoxy) is 1. The molecule has 0 unspecified atom stereocenters. The molecule has 78 valence electrons. The van der Waals surface area contributed by atoms with Crippen molar-refractivity contribution in [2.75, 3.05) is 20.7 Å². The van der Waals surface area contributed by atoms with Gasteiger partial charge in [-0.3, -0.25) is 0 Å². The molecule has 0 aromatic heterocycles. The van der Waals surface area contributed by atoms with Crippen LogP contribution in [-0.4, -0.2) is 25.6 Å². The van der Waals surface area contributed by atoms with Gasteiger partial charge in [-0.1, -0.05) is 19.1 Å². The normalized spacial score (nSPS) is 10.6. The van der Waals surface area contributed by atoms with E-state index in [9.17, 15) is 0 Å². The predicted octanol–water partition coefficient (Wildman–Crippen LogP) is 2.54. The fourth-order valence-electron chi connectivity index (χ4n) is 1.50. The van der Waals surface area contributed by atoms with Crippen molar-refractivity contribution in [3.8, 4) is 5.75 Å². The molecule has 0 radical (unpaired) electrons. The van der Waals surface area contributed by atoms with Gasteiger partial charge in [0.2, 0.25) is 0 Å². The third kappa shape index (κ3) is 3.38. The Morgan fingerprint density at radius 1 is 1.21 bits per heavy atom. The van der Waals surface area contributed by atoms with Crippen molar-refractivity contribution in [1.82, 2.24) is 4.90 Å². The van der Waals surface area contributed by atoms with E-state index < -0.39 is 0 Å². The van der Waals surface area contributed by atoms with E-state index in [4.69, 9.17) is 4.74 Å². The minimum absolute atomic E-state index is 0.923. The van der Waals surface area contributed by atoms with Crippen LogP contribution in [0.5, 0.6) is 5.75 Å². The number of hydrogen-bond donors (Lipinski definition) is 0. The van der Waals surface area contributed by atoms with E-state index in [1.807, 2.05) is 12.1 Å². The standard InChI is InChI=1S/C12H19NO/c1-4-9-13(2)10-11-5-7-12(14-3)8-6-11/h5-8H,4,9-10H2,1-3H3. The second-order valence-corrected chi connectivity index (χ2v) is 3.59. The lowest BCUT2D eigenvalue weighted by Crippen LogP contribution is -2.18. The molecule has 0 fully saturated rings. The lowest BCUT2D eigenvalue weighted by molar-refractivity contribution is 0.327. The first-order valence-corrected chi connectivity index (χ1v) is 5.07. The first-order valence-electron chi connectivity index (χ1n) is 5.07. The van der Waals surface area contributed by atoms with Gasteiger partial charge in [0.1, 0.15) is 5.75 Å². The van der Waals surface area contributed by atoms with Crippen LogP contribution in [0, 0.1) is 0 Å². The molecule has 1 aromatic rings. The predicted molar refractivity (Wildman–Crippen MR) is 59.6 cm³/mol. The second kappa shape index (κ2) is 5.66. The molecule has 2 nitrogen and oxygen atoms in total. The lowest BCUT2D eigenvalue weighted by atomic mass is 10.2. The lowest BCUT2D eigenvalue weighted by Gasteiger charge is -2.15. The Bertz CT molecular complexity index is 256. The third-order valence-corrected chi connectivity index (χ3v) is 2.22. The maximum absolute atomic E-state index is 5.11. The zero-order chi connectivity index (χ0) is 10.4. The largest absolute Gasteiger partial charge is 0.497 e. The van der Waals surface area contributed by atoms with Crippen LogP contribution in [0.25, 0.3) is 0 Å². The number of benzene rings is 1. The summed E-state index contributed by atoms with van der Waals surface area (Å²) in [6, 6.07) is 8.25. The van der Waals surface area contributed by atoms with E-state index in [-0.39, 0.29) is 0 Å². The summed E-state index contributed by atoms with van der Waals surface area (Å²) in [5, 5.41) is 0. The topological polar surface area (TPSA) is 12.5 Å². The second-order valence-electron chi connectivity index (χ2n) is 3.59. The number of methoxy groups -OCH3 is 1. The molecule has 1 aromatic carbocycles. The van der Waals surface area contributed by atoms with Gasteiger partial charge in [0.25, 0.3) is 0 Å². The Labute approximate surface area is 86.5 Å². The van der Waals surface area contributed by atoms with Crippen LogP contribution in [0.4, 0.5) is 0 Å². The van der Waals surface area contributed by atoms with Crippen LogP contribution < -0.4 is 4.74 Å². The SMILES string of the molecule is CCCN(C)Cc1ccc(OC)cc1. The van der Waals surface area contributed by atoms with Crippen LogP contribution in [0.2, 0.25) is 0 Å². The molecule has 0 aliphatic carbocycles. The van der Waals surface area contributed by atoms with Crippen LogP contribution in [0.3, 0.4) is 0 Å². The molecule has 0 bridgehead atoms. The summed E-state index contributed by atoms with van der Waals surface area (Å²) in [6.07, 6.45) is 1.20. The quantitative estimate of drug-likeness (QED) is 0.712. The zero-order valence-corrected chi connectivity index (χ0v) is 9.29. The van der Waals surface area contributed by atoms with Crippen molar-refractivity contribution in [1.29, 1.82) is 0 Å². The number of rotatable bonds is 5. The summed E-state index contributed by atoms with van der Waals surface area (Å²) >= 11 is 0. The molecule has 0 aliphatic heterocycles. The van der Waals surface area contributed by atoms with Crippen LogP contribution >= 0.6 is 0 Å². The summed E-state index contributed by atoms with van der Waals surface area (Å²) in [6.45, 7) is 4.36. The van der Waals surface area contributed by atoms with Gasteiger partial charge < -0.3 is 9.64 Å². The molecule has 14 heavy (non-hydrogen) atoms. The summed E-state index contributed by atoms with van der Waals surface area (Å²) in [5.41, 5.74) is 1.33. The minimum Gasteiger partial charge on any atom is -0.497 e. The molecule has 0 amide bonds. The molecular weight excluding hydrogens is 174 g/mol. The van der Waals surface area contributed by atoms with Gasteiger partial charge in [-0.25, -0.2) is 0 Å². The van der Waals surface area contributed by atoms with Crippen LogP contribution in [0.15, 0.2) is 24.3 Å². The molecule has 0 aliphatic rings. The summed E-state index contributed by atoms with van der Waals surface area (Å²) in [4.78, 5) is 2.32. The Morgan fingerprint density at radius 2 is 1.86 bits per heavy atom. The highest BCUT2D eigenvalue weighted by molar-refractivity contribution is 5.26. The van der Waals surface area contributed by atoms with Crippen LogP contribution in [-0.2, 0) is 6.54 Å². The van der Waals surface area contributed by atoms with E-state index in [2.05, 4.69) is 31.0 Å². The van der Waals surface area contributed by atoms with E-state index in [0.717, 1.165) is 18.8 Å². The van der Waals surface area contributed by atoms with Gasteiger partial charge in [-0.2, -0.15) is 0 Å². The Morgan fingerprint density at radius 3 is 2.36 bits per heavy atom. The molecule has 1 rings (SSSR count). The average Bonchev–Trinajstić information content (AvgIpc) is 2.19. The minimum atomic E-state index is 0.923. The van der Waals surface area contributed by atoms with Gasteiger partial charge in [-0.15, -0.1) is 0 Å². The van der Waals surface area contributed by atoms with Crippen molar-refractivity contribution in [2.45, 2.75) is 19.9 Å². The fourth-order valence-corrected chi connectivity index (χ4v) is 1.50. The van der Waals surface area contributed by atoms with Gasteiger partial charge in [0.05, 0.1) is 7.11 Å². The summed E-state index contributed by atoms with van der Waals surface area (Å²) < 4.78 is 5.11. The molecule has 0 N–H and O–H groups in total. The van der Waals surface area contributed by atoms with Crippen molar-refractivity contribution >= 4 is 0 Å². The maximum atomic E-state index is 5.11. The summed E-state index contributed by atoms with van der Waals surface area (Å²) in [7, 11) is 3.84. The van der Waals surface area contributed by atoms with Crippen molar-refractivity contribution in [3.63, 3.8) is 0 Å². The summed E-state index contributed by atoms with van der Waals surface area (Å²) in [5.74, 6) is 0.923. The first-order chi connectivity index (χ1) is 6.76. The van der Waals surface area contributed by atoms with Crippen LogP contribution in [0.1, 0.15) is 18.9 Å². The van der Waals surface area contributed by atoms with E-state index in [1.54, 1.807) is 7.11 Å². The van der Waals surface area contributed by atoms with E-state index in [0.29, 0.717) is 0 Å². The first kappa shape index (κ1) is 11.1. The van der Waals surface area contributed by atoms with Gasteiger partial charge in [0, 0.05) is 6.54 Å². The molecule has 0 saturated carbocycles. The van der Waals surface area contributed by atoms with E-state index in [1.165, 1.54) is 12.0 Å². The Kier molecular flexibility index (Phi) is 4.47. The molecular formula is C12H19NO. The molecule has 0 saturated heterocycles. The van der Waals surface area contributed by atoms with E-state index >= 15 is 0 Å². The molecule has 0 spiro atoms. The molecule has 0 heterocycles. The van der Waals surface area contributed by atoms with Crippen molar-refractivity contribution in [3.05, 3.63) is 29.8 Å². The Hall–Kier alpha value is -1.02. The van der Waals surface area contributed by atoms with Crippen molar-refractivity contribution in [2.24, 2.45) is 0 Å². The Balaban J connectivity index is 2.50. The smallest absolute Gasteiger partial charge is 0.118 e. The van der Waals surface area contributed by atoms with Crippen molar-refractivity contribution < 1.29 is 4.74 Å². The fraction of sp³-hybridized carbons (Fsp3) is 0.500. The van der Waals surface area contributed by atoms with Gasteiger partial charge in [-0.05, 0) is 37.7 Å². The average molecular weight is 193 g/mol. The van der Waals surface area contributed by atoms with Gasteiger partial charge in [0.15, 0.2) is 0 Å². The highest BCUT2D eigenvalue weighted by atomic mass is 16.5. The molecule has 2 heteroatoms. The maximum Gasteiger partial charge on any atom is 0.118 e. The third-order valence-electron chi connectivity index (χ3n) is 2.22. The number of nitrogens with zero attached hydrogens (tertiary/aromatic N) is 1. The monoisotopic (exact) mass is 193 g/mol. The number of hydrogen-bond acceptors (Lipinski definition) is 2.